The maximum absolute atomic E-state index is 11.9. The summed E-state index contributed by atoms with van der Waals surface area (Å²) in [7, 11) is 0. The molecule has 0 spiro atoms. The van der Waals surface area contributed by atoms with Gasteiger partial charge in [0.05, 0.1) is 5.92 Å². The highest BCUT2D eigenvalue weighted by Gasteiger charge is 2.19. The molecule has 2 aromatic rings. The zero-order chi connectivity index (χ0) is 17.4. The number of hydrogen-bond donors (Lipinski definition) is 2. The van der Waals surface area contributed by atoms with E-state index in [1.165, 1.54) is 0 Å². The van der Waals surface area contributed by atoms with Gasteiger partial charge in [0.15, 0.2) is 6.61 Å². The average molecular weight is 327 g/mol. The van der Waals surface area contributed by atoms with Gasteiger partial charge < -0.3 is 15.2 Å². The summed E-state index contributed by atoms with van der Waals surface area (Å²) >= 11 is 0. The molecule has 2 rings (SSSR count). The Labute approximate surface area is 141 Å². The van der Waals surface area contributed by atoms with E-state index in [1.807, 2.05) is 55.5 Å². The number of hydrogen-bond acceptors (Lipinski definition) is 3. The van der Waals surface area contributed by atoms with E-state index in [2.05, 4.69) is 5.32 Å². The largest absolute Gasteiger partial charge is 0.484 e. The molecule has 0 radical (unpaired) electrons. The predicted octanol–water partition coefficient (Wildman–Crippen LogP) is 2.43. The SMILES string of the molecule is Cc1cccc(OCC(=O)NCC(Cc2ccccc2)C(=O)O)c1. The minimum absolute atomic E-state index is 0.0697. The third-order valence-electron chi connectivity index (χ3n) is 3.58. The summed E-state index contributed by atoms with van der Waals surface area (Å²) in [6.07, 6.45) is 0.370. The van der Waals surface area contributed by atoms with E-state index in [0.29, 0.717) is 12.2 Å². The van der Waals surface area contributed by atoms with Gasteiger partial charge in [-0.25, -0.2) is 0 Å². The van der Waals surface area contributed by atoms with E-state index in [4.69, 9.17) is 4.74 Å². The number of nitrogens with one attached hydrogen (secondary N) is 1. The van der Waals surface area contributed by atoms with Crippen LogP contribution in [0.15, 0.2) is 54.6 Å². The Balaban J connectivity index is 1.80. The summed E-state index contributed by atoms with van der Waals surface area (Å²) in [5.41, 5.74) is 1.97. The summed E-state index contributed by atoms with van der Waals surface area (Å²) in [6, 6.07) is 16.8. The van der Waals surface area contributed by atoms with Gasteiger partial charge in [-0.15, -0.1) is 0 Å². The Morgan fingerprint density at radius 1 is 1.12 bits per heavy atom. The maximum Gasteiger partial charge on any atom is 0.308 e. The fourth-order valence-corrected chi connectivity index (χ4v) is 2.29. The average Bonchev–Trinajstić information content (AvgIpc) is 2.57. The molecule has 1 amide bonds. The first kappa shape index (κ1) is 17.5. The quantitative estimate of drug-likeness (QED) is 0.781. The molecule has 126 valence electrons. The van der Waals surface area contributed by atoms with E-state index in [0.717, 1.165) is 11.1 Å². The highest BCUT2D eigenvalue weighted by molar-refractivity contribution is 5.78. The van der Waals surface area contributed by atoms with Crippen LogP contribution in [0.1, 0.15) is 11.1 Å². The monoisotopic (exact) mass is 327 g/mol. The van der Waals surface area contributed by atoms with Crippen LogP contribution in [0, 0.1) is 12.8 Å². The molecule has 0 heterocycles. The predicted molar refractivity (Wildman–Crippen MR) is 91.0 cm³/mol. The summed E-state index contributed by atoms with van der Waals surface area (Å²) in [6.45, 7) is 1.87. The van der Waals surface area contributed by atoms with Gasteiger partial charge in [0.25, 0.3) is 5.91 Å². The molecule has 0 aromatic heterocycles. The molecule has 2 aromatic carbocycles. The Morgan fingerprint density at radius 2 is 1.88 bits per heavy atom. The minimum atomic E-state index is -0.932. The first-order chi connectivity index (χ1) is 11.5. The van der Waals surface area contributed by atoms with Crippen LogP contribution in [0.4, 0.5) is 0 Å². The van der Waals surface area contributed by atoms with Crippen molar-refractivity contribution in [3.8, 4) is 5.75 Å². The Bertz CT molecular complexity index is 685. The van der Waals surface area contributed by atoms with Crippen molar-refractivity contribution in [2.75, 3.05) is 13.2 Å². The van der Waals surface area contributed by atoms with E-state index in [1.54, 1.807) is 6.07 Å². The molecule has 5 nitrogen and oxygen atoms in total. The summed E-state index contributed by atoms with van der Waals surface area (Å²) < 4.78 is 5.40. The van der Waals surface area contributed by atoms with Crippen LogP contribution < -0.4 is 10.1 Å². The molecule has 24 heavy (non-hydrogen) atoms. The summed E-state index contributed by atoms with van der Waals surface area (Å²) in [5.74, 6) is -1.32. The lowest BCUT2D eigenvalue weighted by molar-refractivity contribution is -0.141. The van der Waals surface area contributed by atoms with Gasteiger partial charge >= 0.3 is 5.97 Å². The van der Waals surface area contributed by atoms with E-state index >= 15 is 0 Å². The van der Waals surface area contributed by atoms with Gasteiger partial charge in [-0.1, -0.05) is 42.5 Å². The van der Waals surface area contributed by atoms with Crippen LogP contribution in [0.5, 0.6) is 5.75 Å². The van der Waals surface area contributed by atoms with Gasteiger partial charge in [0.2, 0.25) is 0 Å². The number of rotatable bonds is 8. The first-order valence-corrected chi connectivity index (χ1v) is 7.77. The smallest absolute Gasteiger partial charge is 0.308 e. The zero-order valence-electron chi connectivity index (χ0n) is 13.6. The third kappa shape index (κ3) is 5.76. The highest BCUT2D eigenvalue weighted by Crippen LogP contribution is 2.12. The van der Waals surface area contributed by atoms with Crippen LogP contribution in [-0.4, -0.2) is 30.1 Å². The Kier molecular flexibility index (Phi) is 6.37. The van der Waals surface area contributed by atoms with Crippen molar-refractivity contribution in [3.63, 3.8) is 0 Å². The number of ether oxygens (including phenoxy) is 1. The van der Waals surface area contributed by atoms with Crippen molar-refractivity contribution >= 4 is 11.9 Å². The van der Waals surface area contributed by atoms with Crippen molar-refractivity contribution in [2.24, 2.45) is 5.92 Å². The van der Waals surface area contributed by atoms with E-state index < -0.39 is 11.9 Å². The first-order valence-electron chi connectivity index (χ1n) is 7.77. The maximum atomic E-state index is 11.9. The topological polar surface area (TPSA) is 75.6 Å². The van der Waals surface area contributed by atoms with E-state index in [9.17, 15) is 14.7 Å². The number of amides is 1. The molecule has 0 aliphatic rings. The van der Waals surface area contributed by atoms with Crippen LogP contribution >= 0.6 is 0 Å². The zero-order valence-corrected chi connectivity index (χ0v) is 13.6. The molecular weight excluding hydrogens is 306 g/mol. The van der Waals surface area contributed by atoms with Gasteiger partial charge in [-0.2, -0.15) is 0 Å². The Morgan fingerprint density at radius 3 is 2.54 bits per heavy atom. The van der Waals surface area contributed by atoms with Crippen LogP contribution in [0.3, 0.4) is 0 Å². The number of benzene rings is 2. The number of carbonyl (C=O) groups excluding carboxylic acids is 1. The molecule has 0 aliphatic heterocycles. The van der Waals surface area contributed by atoms with E-state index in [-0.39, 0.29) is 19.1 Å². The van der Waals surface area contributed by atoms with Crippen molar-refractivity contribution in [2.45, 2.75) is 13.3 Å². The fourth-order valence-electron chi connectivity index (χ4n) is 2.29. The second-order valence-corrected chi connectivity index (χ2v) is 5.63. The number of carbonyl (C=O) groups is 2. The second kappa shape index (κ2) is 8.72. The van der Waals surface area contributed by atoms with Crippen molar-refractivity contribution in [1.29, 1.82) is 0 Å². The number of aryl methyl sites for hydroxylation is 1. The normalized spacial score (nSPS) is 11.5. The molecule has 2 N–H and O–H groups in total. The standard InChI is InChI=1S/C19H21NO4/c1-14-6-5-9-17(10-14)24-13-18(21)20-12-16(19(22)23)11-15-7-3-2-4-8-15/h2-10,16H,11-13H2,1H3,(H,20,21)(H,22,23). The number of carboxylic acid groups (broad SMARTS) is 1. The molecule has 0 saturated heterocycles. The highest BCUT2D eigenvalue weighted by atomic mass is 16.5. The Hall–Kier alpha value is -2.82. The molecule has 1 unspecified atom stereocenters. The summed E-state index contributed by atoms with van der Waals surface area (Å²) in [5, 5.41) is 11.9. The molecule has 1 atom stereocenters. The molecule has 0 aliphatic carbocycles. The van der Waals surface area contributed by atoms with Crippen molar-refractivity contribution in [1.82, 2.24) is 5.32 Å². The van der Waals surface area contributed by atoms with Crippen LogP contribution in [0.2, 0.25) is 0 Å². The molecule has 0 fully saturated rings. The van der Waals surface area contributed by atoms with Crippen molar-refractivity contribution < 1.29 is 19.4 Å². The molecule has 0 saturated carbocycles. The number of carboxylic acids is 1. The van der Waals surface area contributed by atoms with Gasteiger partial charge in [0, 0.05) is 6.54 Å². The van der Waals surface area contributed by atoms with Gasteiger partial charge in [-0.3, -0.25) is 9.59 Å². The lowest BCUT2D eigenvalue weighted by atomic mass is 9.99. The summed E-state index contributed by atoms with van der Waals surface area (Å²) in [4.78, 5) is 23.2. The molecule has 5 heteroatoms. The van der Waals surface area contributed by atoms with Gasteiger partial charge in [0.1, 0.15) is 5.75 Å². The van der Waals surface area contributed by atoms with Crippen LogP contribution in [0.25, 0.3) is 0 Å². The lowest BCUT2D eigenvalue weighted by Gasteiger charge is -2.14. The second-order valence-electron chi connectivity index (χ2n) is 5.63. The third-order valence-corrected chi connectivity index (χ3v) is 3.58. The molecular formula is C19H21NO4. The van der Waals surface area contributed by atoms with Gasteiger partial charge in [-0.05, 0) is 36.6 Å². The number of aliphatic carboxylic acids is 1. The molecule has 0 bridgehead atoms. The van der Waals surface area contributed by atoms with Crippen molar-refractivity contribution in [3.05, 3.63) is 65.7 Å². The fraction of sp³-hybridized carbons (Fsp3) is 0.263. The lowest BCUT2D eigenvalue weighted by Crippen LogP contribution is -2.36. The van der Waals surface area contributed by atoms with Crippen LogP contribution in [-0.2, 0) is 16.0 Å². The minimum Gasteiger partial charge on any atom is -0.484 e.